The number of methoxy groups -OCH3 is 1. The maximum Gasteiger partial charge on any atom is 0.310 e. The first-order valence-corrected chi connectivity index (χ1v) is 6.91. The molecule has 2 aromatic rings. The molecular formula is C16H18N2O4. The van der Waals surface area contributed by atoms with Gasteiger partial charge in [-0.15, -0.1) is 0 Å². The Hall–Kier alpha value is -2.63. The molecule has 0 aliphatic carbocycles. The Morgan fingerprint density at radius 2 is 2.18 bits per heavy atom. The highest BCUT2D eigenvalue weighted by atomic mass is 16.5. The van der Waals surface area contributed by atoms with E-state index in [4.69, 9.17) is 9.15 Å². The second-order valence-electron chi connectivity index (χ2n) is 4.95. The van der Waals surface area contributed by atoms with Crippen molar-refractivity contribution in [2.45, 2.75) is 13.5 Å². The highest BCUT2D eigenvalue weighted by Gasteiger charge is 2.24. The Bertz CT molecular complexity index is 610. The number of hydrogen-bond acceptors (Lipinski definition) is 5. The summed E-state index contributed by atoms with van der Waals surface area (Å²) in [5.41, 5.74) is 0.875. The average molecular weight is 302 g/mol. The van der Waals surface area contributed by atoms with E-state index in [1.54, 1.807) is 42.4 Å². The standard InChI is InChI=1S/C16H18N2O4/c1-12(16(20)21-2)10-18(11-13-5-3-7-17-9-13)15(19)14-6-4-8-22-14/h3-9,12H,10-11H2,1-2H3. The van der Waals surface area contributed by atoms with Gasteiger partial charge in [0, 0.05) is 25.5 Å². The summed E-state index contributed by atoms with van der Waals surface area (Å²) < 4.78 is 9.88. The van der Waals surface area contributed by atoms with Crippen molar-refractivity contribution in [2.24, 2.45) is 5.92 Å². The van der Waals surface area contributed by atoms with Crippen molar-refractivity contribution in [3.63, 3.8) is 0 Å². The lowest BCUT2D eigenvalue weighted by Gasteiger charge is -2.24. The molecule has 2 aromatic heterocycles. The first-order valence-electron chi connectivity index (χ1n) is 6.91. The molecule has 0 bridgehead atoms. The number of carbonyl (C=O) groups is 2. The Labute approximate surface area is 128 Å². The molecule has 6 nitrogen and oxygen atoms in total. The zero-order valence-corrected chi connectivity index (χ0v) is 12.6. The van der Waals surface area contributed by atoms with Crippen molar-refractivity contribution in [3.8, 4) is 0 Å². The minimum atomic E-state index is -0.430. The normalized spacial score (nSPS) is 11.7. The van der Waals surface area contributed by atoms with E-state index in [0.717, 1.165) is 5.56 Å². The van der Waals surface area contributed by atoms with Crippen LogP contribution in [0.2, 0.25) is 0 Å². The molecule has 0 aromatic carbocycles. The van der Waals surface area contributed by atoms with E-state index in [1.807, 2.05) is 6.07 Å². The molecule has 2 rings (SSSR count). The summed E-state index contributed by atoms with van der Waals surface area (Å²) in [6.45, 7) is 2.30. The van der Waals surface area contributed by atoms with Crippen molar-refractivity contribution < 1.29 is 18.7 Å². The Balaban J connectivity index is 2.16. The number of carbonyl (C=O) groups excluding carboxylic acids is 2. The molecular weight excluding hydrogens is 284 g/mol. The van der Waals surface area contributed by atoms with Gasteiger partial charge in [0.2, 0.25) is 0 Å². The van der Waals surface area contributed by atoms with Crippen LogP contribution in [0.5, 0.6) is 0 Å². The third-order valence-corrected chi connectivity index (χ3v) is 3.21. The van der Waals surface area contributed by atoms with Gasteiger partial charge in [-0.2, -0.15) is 0 Å². The lowest BCUT2D eigenvalue weighted by Crippen LogP contribution is -2.36. The van der Waals surface area contributed by atoms with Gasteiger partial charge in [-0.1, -0.05) is 13.0 Å². The van der Waals surface area contributed by atoms with Crippen LogP contribution >= 0.6 is 0 Å². The van der Waals surface area contributed by atoms with Crippen LogP contribution in [0.4, 0.5) is 0 Å². The van der Waals surface area contributed by atoms with Crippen molar-refractivity contribution in [2.75, 3.05) is 13.7 Å². The second kappa shape index (κ2) is 7.40. The molecule has 1 atom stereocenters. The third kappa shape index (κ3) is 3.94. The summed E-state index contributed by atoms with van der Waals surface area (Å²) in [5.74, 6) is -0.824. The number of furan rings is 1. The zero-order valence-electron chi connectivity index (χ0n) is 12.6. The monoisotopic (exact) mass is 302 g/mol. The smallest absolute Gasteiger partial charge is 0.310 e. The predicted octanol–water partition coefficient (Wildman–Crippen LogP) is 2.13. The third-order valence-electron chi connectivity index (χ3n) is 3.21. The predicted molar refractivity (Wildman–Crippen MR) is 78.9 cm³/mol. The number of pyridine rings is 1. The van der Waals surface area contributed by atoms with E-state index in [0.29, 0.717) is 6.54 Å². The molecule has 0 radical (unpaired) electrons. The fraction of sp³-hybridized carbons (Fsp3) is 0.312. The molecule has 1 amide bonds. The van der Waals surface area contributed by atoms with Gasteiger partial charge < -0.3 is 14.1 Å². The van der Waals surface area contributed by atoms with E-state index in [-0.39, 0.29) is 24.2 Å². The van der Waals surface area contributed by atoms with Gasteiger partial charge in [0.1, 0.15) is 0 Å². The van der Waals surface area contributed by atoms with Crippen molar-refractivity contribution >= 4 is 11.9 Å². The van der Waals surface area contributed by atoms with Crippen LogP contribution in [-0.2, 0) is 16.1 Å². The van der Waals surface area contributed by atoms with Crippen molar-refractivity contribution in [1.82, 2.24) is 9.88 Å². The minimum Gasteiger partial charge on any atom is -0.469 e. The first kappa shape index (κ1) is 15.8. The van der Waals surface area contributed by atoms with Gasteiger partial charge in [0.15, 0.2) is 5.76 Å². The molecule has 0 aliphatic heterocycles. The topological polar surface area (TPSA) is 72.6 Å². The Morgan fingerprint density at radius 1 is 1.36 bits per heavy atom. The van der Waals surface area contributed by atoms with E-state index in [9.17, 15) is 9.59 Å². The number of aromatic nitrogens is 1. The molecule has 0 aliphatic rings. The fourth-order valence-corrected chi connectivity index (χ4v) is 2.09. The van der Waals surface area contributed by atoms with E-state index in [1.165, 1.54) is 13.4 Å². The lowest BCUT2D eigenvalue weighted by molar-refractivity contribution is -0.145. The summed E-state index contributed by atoms with van der Waals surface area (Å²) in [4.78, 5) is 29.7. The maximum absolute atomic E-state index is 12.5. The van der Waals surface area contributed by atoms with Crippen molar-refractivity contribution in [3.05, 3.63) is 54.2 Å². The minimum absolute atomic E-state index is 0.237. The van der Waals surface area contributed by atoms with Gasteiger partial charge in [0.25, 0.3) is 5.91 Å². The van der Waals surface area contributed by atoms with Gasteiger partial charge >= 0.3 is 5.97 Å². The van der Waals surface area contributed by atoms with E-state index < -0.39 is 5.92 Å². The lowest BCUT2D eigenvalue weighted by atomic mass is 10.1. The highest BCUT2D eigenvalue weighted by molar-refractivity contribution is 5.91. The number of hydrogen-bond donors (Lipinski definition) is 0. The Morgan fingerprint density at radius 3 is 2.77 bits per heavy atom. The molecule has 0 N–H and O–H groups in total. The Kier molecular flexibility index (Phi) is 5.30. The van der Waals surface area contributed by atoms with Crippen LogP contribution < -0.4 is 0 Å². The molecule has 0 saturated carbocycles. The molecule has 0 spiro atoms. The largest absolute Gasteiger partial charge is 0.469 e. The first-order chi connectivity index (χ1) is 10.6. The number of ether oxygens (including phenoxy) is 1. The van der Waals surface area contributed by atoms with Crippen LogP contribution in [0.3, 0.4) is 0 Å². The summed E-state index contributed by atoms with van der Waals surface area (Å²) in [6, 6.07) is 6.92. The quantitative estimate of drug-likeness (QED) is 0.764. The molecule has 0 saturated heterocycles. The summed E-state index contributed by atoms with van der Waals surface area (Å²) in [7, 11) is 1.33. The maximum atomic E-state index is 12.5. The van der Waals surface area contributed by atoms with E-state index >= 15 is 0 Å². The second-order valence-corrected chi connectivity index (χ2v) is 4.95. The van der Waals surface area contributed by atoms with Gasteiger partial charge in [0.05, 0.1) is 19.3 Å². The SMILES string of the molecule is COC(=O)C(C)CN(Cc1cccnc1)C(=O)c1ccco1. The van der Waals surface area contributed by atoms with E-state index in [2.05, 4.69) is 4.98 Å². The summed E-state index contributed by atoms with van der Waals surface area (Å²) in [6.07, 6.45) is 4.80. The molecule has 116 valence electrons. The van der Waals surface area contributed by atoms with Crippen LogP contribution in [0.1, 0.15) is 23.0 Å². The average Bonchev–Trinajstić information content (AvgIpc) is 3.08. The number of rotatable bonds is 6. The zero-order chi connectivity index (χ0) is 15.9. The number of nitrogens with zero attached hydrogens (tertiary/aromatic N) is 2. The highest BCUT2D eigenvalue weighted by Crippen LogP contribution is 2.13. The molecule has 1 unspecified atom stereocenters. The number of amides is 1. The van der Waals surface area contributed by atoms with Crippen LogP contribution in [0, 0.1) is 5.92 Å². The van der Waals surface area contributed by atoms with Gasteiger partial charge in [-0.25, -0.2) is 0 Å². The number of esters is 1. The van der Waals surface area contributed by atoms with Crippen LogP contribution in [0.15, 0.2) is 47.3 Å². The van der Waals surface area contributed by atoms with Crippen LogP contribution in [-0.4, -0.2) is 35.4 Å². The summed E-state index contributed by atoms with van der Waals surface area (Å²) >= 11 is 0. The molecule has 2 heterocycles. The van der Waals surface area contributed by atoms with Crippen molar-refractivity contribution in [1.29, 1.82) is 0 Å². The van der Waals surface area contributed by atoms with Crippen LogP contribution in [0.25, 0.3) is 0 Å². The van der Waals surface area contributed by atoms with Gasteiger partial charge in [-0.3, -0.25) is 14.6 Å². The van der Waals surface area contributed by atoms with Gasteiger partial charge in [-0.05, 0) is 23.8 Å². The molecule has 6 heteroatoms. The summed E-state index contributed by atoms with van der Waals surface area (Å²) in [5, 5.41) is 0. The molecule has 0 fully saturated rings. The fourth-order valence-electron chi connectivity index (χ4n) is 2.09. The molecule has 22 heavy (non-hydrogen) atoms.